The average Bonchev–Trinajstić information content (AvgIpc) is 3.35. The zero-order valence-corrected chi connectivity index (χ0v) is 16.9. The van der Waals surface area contributed by atoms with E-state index in [4.69, 9.17) is 20.8 Å². The molecule has 1 aliphatic rings. The molecule has 2 aromatic carbocycles. The highest BCUT2D eigenvalue weighted by Gasteiger charge is 2.35. The number of amides is 2. The van der Waals surface area contributed by atoms with Gasteiger partial charge in [-0.05, 0) is 42.0 Å². The summed E-state index contributed by atoms with van der Waals surface area (Å²) in [7, 11) is 1.57. The average molecular weight is 427 g/mol. The normalized spacial score (nSPS) is 16.0. The van der Waals surface area contributed by atoms with Crippen LogP contribution in [0.1, 0.15) is 23.8 Å². The molecule has 0 bridgehead atoms. The first-order valence-electron chi connectivity index (χ1n) is 9.34. The SMILES string of the molecule is COc1cccc(CC(=O)Nc2nnc([C@H]3CC(=O)N(c4ccc(Cl)cc4)C3)o2)c1. The highest BCUT2D eigenvalue weighted by molar-refractivity contribution is 6.30. The molecule has 0 radical (unpaired) electrons. The molecule has 4 rings (SSSR count). The van der Waals surface area contributed by atoms with Gasteiger partial charge in [-0.25, -0.2) is 0 Å². The maximum Gasteiger partial charge on any atom is 0.322 e. The molecule has 1 aliphatic heterocycles. The van der Waals surface area contributed by atoms with E-state index in [1.165, 1.54) is 0 Å². The van der Waals surface area contributed by atoms with Crippen molar-refractivity contribution in [3.05, 3.63) is 65.0 Å². The number of halogens is 1. The molecule has 0 aliphatic carbocycles. The third kappa shape index (κ3) is 4.44. The first-order chi connectivity index (χ1) is 14.5. The molecule has 8 nitrogen and oxygen atoms in total. The molecule has 30 heavy (non-hydrogen) atoms. The first-order valence-corrected chi connectivity index (χ1v) is 9.72. The molecule has 2 amide bonds. The van der Waals surface area contributed by atoms with Crippen LogP contribution in [0, 0.1) is 0 Å². The number of aromatic nitrogens is 2. The number of anilines is 2. The number of nitrogens with one attached hydrogen (secondary N) is 1. The highest BCUT2D eigenvalue weighted by atomic mass is 35.5. The minimum Gasteiger partial charge on any atom is -0.497 e. The number of methoxy groups -OCH3 is 1. The predicted molar refractivity (Wildman–Crippen MR) is 111 cm³/mol. The van der Waals surface area contributed by atoms with E-state index in [1.807, 2.05) is 18.2 Å². The summed E-state index contributed by atoms with van der Waals surface area (Å²) in [6, 6.07) is 14.3. The van der Waals surface area contributed by atoms with Gasteiger partial charge in [0.25, 0.3) is 0 Å². The largest absolute Gasteiger partial charge is 0.497 e. The molecule has 0 unspecified atom stereocenters. The summed E-state index contributed by atoms with van der Waals surface area (Å²) in [6.45, 7) is 0.417. The molecule has 0 saturated carbocycles. The van der Waals surface area contributed by atoms with E-state index in [0.717, 1.165) is 11.3 Å². The van der Waals surface area contributed by atoms with E-state index in [-0.39, 0.29) is 36.6 Å². The Labute approximate surface area is 177 Å². The second kappa shape index (κ2) is 8.54. The van der Waals surface area contributed by atoms with Gasteiger partial charge in [0.1, 0.15) is 5.75 Å². The van der Waals surface area contributed by atoms with Crippen molar-refractivity contribution in [2.24, 2.45) is 0 Å². The Morgan fingerprint density at radius 3 is 2.83 bits per heavy atom. The van der Waals surface area contributed by atoms with Crippen LogP contribution in [0.3, 0.4) is 0 Å². The molecule has 9 heteroatoms. The summed E-state index contributed by atoms with van der Waals surface area (Å²) in [4.78, 5) is 26.3. The van der Waals surface area contributed by atoms with Crippen molar-refractivity contribution in [2.45, 2.75) is 18.8 Å². The fourth-order valence-corrected chi connectivity index (χ4v) is 3.45. The van der Waals surface area contributed by atoms with Crippen LogP contribution in [0.5, 0.6) is 5.75 Å². The quantitative estimate of drug-likeness (QED) is 0.648. The minimum absolute atomic E-state index is 0.00953. The number of hydrogen-bond donors (Lipinski definition) is 1. The maximum absolute atomic E-state index is 12.4. The lowest BCUT2D eigenvalue weighted by Gasteiger charge is -2.16. The van der Waals surface area contributed by atoms with Crippen molar-refractivity contribution in [1.82, 2.24) is 10.2 Å². The highest BCUT2D eigenvalue weighted by Crippen LogP contribution is 2.32. The van der Waals surface area contributed by atoms with Gasteiger partial charge in [-0.1, -0.05) is 28.8 Å². The van der Waals surface area contributed by atoms with Crippen LogP contribution in [0.4, 0.5) is 11.7 Å². The Bertz CT molecular complexity index is 1070. The van der Waals surface area contributed by atoms with Crippen LogP contribution in [-0.2, 0) is 16.0 Å². The third-order valence-electron chi connectivity index (χ3n) is 4.80. The van der Waals surface area contributed by atoms with Gasteiger partial charge in [0.05, 0.1) is 19.4 Å². The lowest BCUT2D eigenvalue weighted by molar-refractivity contribution is -0.117. The number of ether oxygens (including phenoxy) is 1. The van der Waals surface area contributed by atoms with Crippen molar-refractivity contribution < 1.29 is 18.7 Å². The molecule has 3 aromatic rings. The Morgan fingerprint density at radius 1 is 1.27 bits per heavy atom. The van der Waals surface area contributed by atoms with Crippen molar-refractivity contribution >= 4 is 35.1 Å². The molecule has 2 heterocycles. The van der Waals surface area contributed by atoms with Crippen molar-refractivity contribution in [2.75, 3.05) is 23.9 Å². The van der Waals surface area contributed by atoms with Gasteiger partial charge < -0.3 is 14.1 Å². The molecular formula is C21H19ClN4O4. The summed E-state index contributed by atoms with van der Waals surface area (Å²) in [5.74, 6) is 0.422. The Morgan fingerprint density at radius 2 is 2.07 bits per heavy atom. The summed E-state index contributed by atoms with van der Waals surface area (Å²) >= 11 is 5.91. The van der Waals surface area contributed by atoms with Gasteiger partial charge in [0.15, 0.2) is 0 Å². The number of nitrogens with zero attached hydrogens (tertiary/aromatic N) is 3. The van der Waals surface area contributed by atoms with E-state index in [1.54, 1.807) is 42.3 Å². The van der Waals surface area contributed by atoms with Crippen LogP contribution < -0.4 is 15.0 Å². The van der Waals surface area contributed by atoms with E-state index in [0.29, 0.717) is 23.2 Å². The lowest BCUT2D eigenvalue weighted by Crippen LogP contribution is -2.24. The molecular weight excluding hydrogens is 408 g/mol. The second-order valence-electron chi connectivity index (χ2n) is 6.90. The van der Waals surface area contributed by atoms with Crippen LogP contribution in [0.15, 0.2) is 52.9 Å². The minimum atomic E-state index is -0.288. The molecule has 1 fully saturated rings. The smallest absolute Gasteiger partial charge is 0.322 e. The van der Waals surface area contributed by atoms with Crippen molar-refractivity contribution in [1.29, 1.82) is 0 Å². The van der Waals surface area contributed by atoms with Gasteiger partial charge in [0.2, 0.25) is 17.7 Å². The second-order valence-corrected chi connectivity index (χ2v) is 7.34. The van der Waals surface area contributed by atoms with E-state index in [9.17, 15) is 9.59 Å². The summed E-state index contributed by atoms with van der Waals surface area (Å²) in [5.41, 5.74) is 1.56. The van der Waals surface area contributed by atoms with E-state index < -0.39 is 0 Å². The van der Waals surface area contributed by atoms with Crippen LogP contribution >= 0.6 is 11.6 Å². The van der Waals surface area contributed by atoms with Gasteiger partial charge in [-0.15, -0.1) is 5.10 Å². The third-order valence-corrected chi connectivity index (χ3v) is 5.05. The standard InChI is InChI=1S/C21H19ClN4O4/c1-29-17-4-2-3-13(9-17)10-18(27)23-21-25-24-20(30-21)14-11-19(28)26(12-14)16-7-5-15(22)6-8-16/h2-9,14H,10-12H2,1H3,(H,23,25,27)/t14-/m0/s1. The van der Waals surface area contributed by atoms with Crippen LogP contribution in [0.25, 0.3) is 0 Å². The zero-order valence-electron chi connectivity index (χ0n) is 16.2. The Kier molecular flexibility index (Phi) is 5.67. The van der Waals surface area contributed by atoms with E-state index in [2.05, 4.69) is 15.5 Å². The molecule has 1 aromatic heterocycles. The van der Waals surface area contributed by atoms with Gasteiger partial charge in [0, 0.05) is 23.7 Å². The van der Waals surface area contributed by atoms with Gasteiger partial charge in [-0.3, -0.25) is 14.9 Å². The molecule has 1 saturated heterocycles. The number of carbonyl (C=O) groups is 2. The topological polar surface area (TPSA) is 97.6 Å². The Hall–Kier alpha value is -3.39. The predicted octanol–water partition coefficient (Wildman–Crippen LogP) is 3.43. The monoisotopic (exact) mass is 426 g/mol. The fraction of sp³-hybridized carbons (Fsp3) is 0.238. The molecule has 154 valence electrons. The zero-order chi connectivity index (χ0) is 21.1. The first kappa shape index (κ1) is 19.9. The lowest BCUT2D eigenvalue weighted by atomic mass is 10.1. The fourth-order valence-electron chi connectivity index (χ4n) is 3.32. The van der Waals surface area contributed by atoms with Crippen molar-refractivity contribution in [3.8, 4) is 5.75 Å². The van der Waals surface area contributed by atoms with Gasteiger partial charge in [-0.2, -0.15) is 0 Å². The summed E-state index contributed by atoms with van der Waals surface area (Å²) in [5, 5.41) is 11.1. The van der Waals surface area contributed by atoms with Crippen molar-refractivity contribution in [3.63, 3.8) is 0 Å². The van der Waals surface area contributed by atoms with E-state index >= 15 is 0 Å². The molecule has 0 spiro atoms. The number of hydrogen-bond acceptors (Lipinski definition) is 6. The summed E-state index contributed by atoms with van der Waals surface area (Å²) < 4.78 is 10.8. The van der Waals surface area contributed by atoms with Crippen LogP contribution in [-0.4, -0.2) is 35.7 Å². The summed E-state index contributed by atoms with van der Waals surface area (Å²) in [6.07, 6.45) is 0.392. The molecule has 1 atom stereocenters. The number of carbonyl (C=O) groups excluding carboxylic acids is 2. The number of rotatable bonds is 6. The number of benzene rings is 2. The Balaban J connectivity index is 1.38. The maximum atomic E-state index is 12.4. The molecule has 1 N–H and O–H groups in total. The van der Waals surface area contributed by atoms with Crippen LogP contribution in [0.2, 0.25) is 5.02 Å². The van der Waals surface area contributed by atoms with Gasteiger partial charge >= 0.3 is 6.01 Å².